The fraction of sp³-hybridized carbons (Fsp3) is 0.444. The first kappa shape index (κ1) is 15.9. The van der Waals surface area contributed by atoms with Crippen LogP contribution < -0.4 is 4.18 Å². The minimum absolute atomic E-state index is 0.0469. The van der Waals surface area contributed by atoms with Crippen molar-refractivity contribution < 1.29 is 22.3 Å². The highest BCUT2D eigenvalue weighted by Gasteiger charge is 2.49. The van der Waals surface area contributed by atoms with Crippen LogP contribution in [0.5, 0.6) is 5.75 Å². The average Bonchev–Trinajstić information content (AvgIpc) is 2.81. The Morgan fingerprint density at radius 1 is 1.21 bits per heavy atom. The van der Waals surface area contributed by atoms with E-state index in [0.717, 1.165) is 36.5 Å². The van der Waals surface area contributed by atoms with Gasteiger partial charge in [-0.3, -0.25) is 4.55 Å². The topological polar surface area (TPSA) is 83.8 Å². The van der Waals surface area contributed by atoms with Gasteiger partial charge in [0.1, 0.15) is 5.75 Å². The first-order valence-corrected chi connectivity index (χ1v) is 9.55. The summed E-state index contributed by atoms with van der Waals surface area (Å²) in [5.41, 5.74) is 2.54. The van der Waals surface area contributed by atoms with E-state index in [-0.39, 0.29) is 17.3 Å². The third-order valence-electron chi connectivity index (χ3n) is 5.92. The number of rotatable bonds is 2. The molecular weight excluding hydrogens is 328 g/mol. The maximum Gasteiger partial charge on any atom is 0.446 e. The first-order valence-electron chi connectivity index (χ1n) is 8.18. The number of hydrogen-bond acceptors (Lipinski definition) is 4. The maximum absolute atomic E-state index is 10.9. The highest BCUT2D eigenvalue weighted by molar-refractivity contribution is 7.81. The summed E-state index contributed by atoms with van der Waals surface area (Å²) in [5.74, 6) is 0.469. The van der Waals surface area contributed by atoms with Gasteiger partial charge in [0, 0.05) is 5.41 Å². The summed E-state index contributed by atoms with van der Waals surface area (Å²) < 4.78 is 35.1. The molecule has 2 aromatic carbocycles. The third-order valence-corrected chi connectivity index (χ3v) is 6.32. The lowest BCUT2D eigenvalue weighted by Gasteiger charge is -2.40. The maximum atomic E-state index is 10.9. The van der Waals surface area contributed by atoms with E-state index in [1.54, 1.807) is 12.1 Å². The molecule has 1 unspecified atom stereocenters. The SMILES string of the molecule is C[C@]12CCc3c(ccc4cc(OS(=O)(=O)O)ccc34)C1CC[C@@H]2O. The lowest BCUT2D eigenvalue weighted by molar-refractivity contribution is 0.0459. The van der Waals surface area contributed by atoms with Crippen LogP contribution in [0.4, 0.5) is 0 Å². The average molecular weight is 348 g/mol. The zero-order chi connectivity index (χ0) is 17.1. The smallest absolute Gasteiger partial charge is 0.393 e. The Morgan fingerprint density at radius 2 is 2.00 bits per heavy atom. The summed E-state index contributed by atoms with van der Waals surface area (Å²) in [6.45, 7) is 2.19. The van der Waals surface area contributed by atoms with E-state index < -0.39 is 10.4 Å². The van der Waals surface area contributed by atoms with Crippen LogP contribution in [0.3, 0.4) is 0 Å². The van der Waals surface area contributed by atoms with Crippen molar-refractivity contribution in [3.8, 4) is 5.75 Å². The van der Waals surface area contributed by atoms with Gasteiger partial charge in [-0.1, -0.05) is 25.1 Å². The molecular formula is C18H20O5S. The predicted octanol–water partition coefficient (Wildman–Crippen LogP) is 3.21. The standard InChI is InChI=1S/C18H20O5S/c1-18-9-8-14-13-5-3-12(23-24(20,21)22)10-11(13)2-4-15(14)16(18)6-7-17(18)19/h2-5,10,16-17,19H,6-9H2,1H3,(H,20,21,22)/t16?,17-,18-/m0/s1. The van der Waals surface area contributed by atoms with E-state index in [0.29, 0.717) is 5.92 Å². The highest BCUT2D eigenvalue weighted by Crippen LogP contribution is 2.56. The Kier molecular flexibility index (Phi) is 3.43. The van der Waals surface area contributed by atoms with Crippen LogP contribution in [-0.4, -0.2) is 24.2 Å². The van der Waals surface area contributed by atoms with Gasteiger partial charge < -0.3 is 9.29 Å². The third kappa shape index (κ3) is 2.41. The lowest BCUT2D eigenvalue weighted by atomic mass is 9.65. The summed E-state index contributed by atoms with van der Waals surface area (Å²) in [6.07, 6.45) is 3.46. The summed E-state index contributed by atoms with van der Waals surface area (Å²) >= 11 is 0. The highest BCUT2D eigenvalue weighted by atomic mass is 32.3. The number of aliphatic hydroxyl groups excluding tert-OH is 1. The van der Waals surface area contributed by atoms with Gasteiger partial charge in [0.15, 0.2) is 0 Å². The molecule has 0 radical (unpaired) electrons. The van der Waals surface area contributed by atoms with Gasteiger partial charge in [0.2, 0.25) is 0 Å². The first-order chi connectivity index (χ1) is 11.3. The molecule has 1 saturated carbocycles. The van der Waals surface area contributed by atoms with Crippen molar-refractivity contribution in [3.63, 3.8) is 0 Å². The molecule has 128 valence electrons. The quantitative estimate of drug-likeness (QED) is 0.814. The molecule has 0 aliphatic heterocycles. The summed E-state index contributed by atoms with van der Waals surface area (Å²) in [7, 11) is -4.52. The van der Waals surface area contributed by atoms with E-state index in [9.17, 15) is 13.5 Å². The molecule has 5 nitrogen and oxygen atoms in total. The van der Waals surface area contributed by atoms with Crippen molar-refractivity contribution in [2.24, 2.45) is 5.41 Å². The van der Waals surface area contributed by atoms with Crippen LogP contribution in [0.15, 0.2) is 30.3 Å². The van der Waals surface area contributed by atoms with Crippen molar-refractivity contribution in [1.29, 1.82) is 0 Å². The van der Waals surface area contributed by atoms with Gasteiger partial charge in [0.05, 0.1) is 6.10 Å². The molecule has 0 aromatic heterocycles. The minimum Gasteiger partial charge on any atom is -0.393 e. The fourth-order valence-corrected chi connectivity index (χ4v) is 4.98. The van der Waals surface area contributed by atoms with Gasteiger partial charge in [0.25, 0.3) is 0 Å². The fourth-order valence-electron chi connectivity index (χ4n) is 4.63. The predicted molar refractivity (Wildman–Crippen MR) is 90.5 cm³/mol. The lowest BCUT2D eigenvalue weighted by Crippen LogP contribution is -2.35. The molecule has 3 atom stereocenters. The molecule has 2 aliphatic rings. The van der Waals surface area contributed by atoms with Crippen LogP contribution in [0.2, 0.25) is 0 Å². The van der Waals surface area contributed by atoms with E-state index >= 15 is 0 Å². The van der Waals surface area contributed by atoms with Crippen molar-refractivity contribution in [1.82, 2.24) is 0 Å². The van der Waals surface area contributed by atoms with Gasteiger partial charge in [-0.05, 0) is 65.6 Å². The van der Waals surface area contributed by atoms with E-state index in [1.165, 1.54) is 11.1 Å². The van der Waals surface area contributed by atoms with Crippen molar-refractivity contribution in [2.75, 3.05) is 0 Å². The molecule has 0 saturated heterocycles. The second-order valence-electron chi connectivity index (χ2n) is 7.18. The van der Waals surface area contributed by atoms with Crippen LogP contribution in [-0.2, 0) is 16.8 Å². The van der Waals surface area contributed by atoms with Crippen LogP contribution in [0.1, 0.15) is 43.2 Å². The summed E-state index contributed by atoms with van der Waals surface area (Å²) in [5, 5.41) is 12.3. The number of fused-ring (bicyclic) bond motifs is 5. The molecule has 0 bridgehead atoms. The van der Waals surface area contributed by atoms with Crippen LogP contribution in [0.25, 0.3) is 10.8 Å². The molecule has 1 fully saturated rings. The second kappa shape index (κ2) is 5.18. The summed E-state index contributed by atoms with van der Waals surface area (Å²) in [4.78, 5) is 0. The van der Waals surface area contributed by atoms with Crippen LogP contribution in [0, 0.1) is 5.41 Å². The zero-order valence-corrected chi connectivity index (χ0v) is 14.2. The van der Waals surface area contributed by atoms with Crippen LogP contribution >= 0.6 is 0 Å². The Morgan fingerprint density at radius 3 is 2.75 bits per heavy atom. The minimum atomic E-state index is -4.52. The molecule has 0 amide bonds. The van der Waals surface area contributed by atoms with Gasteiger partial charge in [-0.25, -0.2) is 0 Å². The van der Waals surface area contributed by atoms with E-state index in [4.69, 9.17) is 4.55 Å². The zero-order valence-electron chi connectivity index (χ0n) is 13.4. The number of aliphatic hydroxyl groups is 1. The van der Waals surface area contributed by atoms with Crippen molar-refractivity contribution in [3.05, 3.63) is 41.5 Å². The van der Waals surface area contributed by atoms with Gasteiger partial charge >= 0.3 is 10.4 Å². The molecule has 6 heteroatoms. The number of benzene rings is 2. The second-order valence-corrected chi connectivity index (χ2v) is 8.20. The Balaban J connectivity index is 1.81. The van der Waals surface area contributed by atoms with Crippen molar-refractivity contribution in [2.45, 2.75) is 44.6 Å². The Labute approximate surface area is 141 Å². The van der Waals surface area contributed by atoms with Gasteiger partial charge in [-0.2, -0.15) is 8.42 Å². The van der Waals surface area contributed by atoms with Crippen molar-refractivity contribution >= 4 is 21.2 Å². The summed E-state index contributed by atoms with van der Waals surface area (Å²) in [6, 6.07) is 9.09. The molecule has 2 aromatic rings. The number of hydrogen-bond donors (Lipinski definition) is 2. The molecule has 0 spiro atoms. The molecule has 0 heterocycles. The largest absolute Gasteiger partial charge is 0.446 e. The van der Waals surface area contributed by atoms with E-state index in [2.05, 4.69) is 17.2 Å². The molecule has 24 heavy (non-hydrogen) atoms. The normalized spacial score (nSPS) is 29.3. The monoisotopic (exact) mass is 348 g/mol. The Bertz CT molecular complexity index is 920. The molecule has 4 rings (SSSR count). The molecule has 2 aliphatic carbocycles. The molecule has 2 N–H and O–H groups in total. The van der Waals surface area contributed by atoms with Gasteiger partial charge in [-0.15, -0.1) is 0 Å². The number of aryl methyl sites for hydroxylation is 1. The van der Waals surface area contributed by atoms with E-state index in [1.807, 2.05) is 12.1 Å². The Hall–Kier alpha value is -1.63.